The number of aromatic nitrogens is 2. The average Bonchev–Trinajstić information content (AvgIpc) is 2.38. The van der Waals surface area contributed by atoms with Crippen molar-refractivity contribution in [3.63, 3.8) is 0 Å². The summed E-state index contributed by atoms with van der Waals surface area (Å²) >= 11 is 0. The Balaban J connectivity index is 2.56. The van der Waals surface area contributed by atoms with Crippen LogP contribution in [0.15, 0.2) is 30.6 Å². The molecule has 0 N–H and O–H groups in total. The number of carbonyl (C=O) groups is 1. The van der Waals surface area contributed by atoms with E-state index in [4.69, 9.17) is 4.74 Å². The largest absolute Gasteiger partial charge is 0.479 e. The molecule has 0 aliphatic heterocycles. The lowest BCUT2D eigenvalue weighted by Gasteiger charge is -2.08. The summed E-state index contributed by atoms with van der Waals surface area (Å²) in [5.74, 6) is 0.481. The number of carbonyl (C=O) groups excluding carboxylic acids is 1. The van der Waals surface area contributed by atoms with E-state index in [0.29, 0.717) is 17.1 Å². The van der Waals surface area contributed by atoms with Crippen molar-refractivity contribution in [2.24, 2.45) is 0 Å². The molecular formula is C13H12N2O2. The Bertz CT molecular complexity index is 553. The van der Waals surface area contributed by atoms with E-state index in [0.717, 1.165) is 17.4 Å². The predicted octanol–water partition coefficient (Wildman–Crippen LogP) is 2.27. The minimum atomic E-state index is 0.481. The molecule has 1 aromatic carbocycles. The summed E-state index contributed by atoms with van der Waals surface area (Å²) in [7, 11) is 1.56. The molecular weight excluding hydrogens is 216 g/mol. The van der Waals surface area contributed by atoms with Gasteiger partial charge in [0.1, 0.15) is 12.0 Å². The van der Waals surface area contributed by atoms with Crippen LogP contribution >= 0.6 is 0 Å². The zero-order valence-electron chi connectivity index (χ0n) is 9.68. The number of aryl methyl sites for hydroxylation is 1. The summed E-state index contributed by atoms with van der Waals surface area (Å²) in [6.45, 7) is 1.93. The molecule has 2 aromatic rings. The van der Waals surface area contributed by atoms with E-state index < -0.39 is 0 Å². The van der Waals surface area contributed by atoms with Gasteiger partial charge < -0.3 is 4.74 Å². The van der Waals surface area contributed by atoms with E-state index in [-0.39, 0.29) is 0 Å². The molecule has 0 bridgehead atoms. The first-order chi connectivity index (χ1) is 8.26. The average molecular weight is 228 g/mol. The third-order valence-corrected chi connectivity index (χ3v) is 2.50. The van der Waals surface area contributed by atoms with Crippen molar-refractivity contribution in [1.82, 2.24) is 9.97 Å². The predicted molar refractivity (Wildman–Crippen MR) is 64.1 cm³/mol. The van der Waals surface area contributed by atoms with Gasteiger partial charge in [0.15, 0.2) is 0 Å². The van der Waals surface area contributed by atoms with E-state index in [1.807, 2.05) is 19.1 Å². The smallest absolute Gasteiger partial charge is 0.240 e. The molecule has 0 radical (unpaired) electrons. The van der Waals surface area contributed by atoms with E-state index in [1.165, 1.54) is 0 Å². The fourth-order valence-corrected chi connectivity index (χ4v) is 1.69. The summed E-state index contributed by atoms with van der Waals surface area (Å²) in [6, 6.07) is 5.42. The van der Waals surface area contributed by atoms with Crippen molar-refractivity contribution in [2.75, 3.05) is 7.11 Å². The van der Waals surface area contributed by atoms with Crippen LogP contribution in [0.4, 0.5) is 0 Å². The highest BCUT2D eigenvalue weighted by atomic mass is 16.5. The van der Waals surface area contributed by atoms with Gasteiger partial charge in [-0.05, 0) is 18.6 Å². The zero-order valence-corrected chi connectivity index (χ0v) is 9.68. The summed E-state index contributed by atoms with van der Waals surface area (Å²) in [4.78, 5) is 19.0. The molecule has 0 amide bonds. The molecule has 0 aliphatic carbocycles. The van der Waals surface area contributed by atoms with Crippen LogP contribution in [0, 0.1) is 6.92 Å². The lowest BCUT2D eigenvalue weighted by Crippen LogP contribution is -1.96. The van der Waals surface area contributed by atoms with E-state index in [1.54, 1.807) is 25.6 Å². The van der Waals surface area contributed by atoms with Crippen LogP contribution in [-0.4, -0.2) is 23.4 Å². The molecule has 0 fully saturated rings. The molecule has 0 unspecified atom stereocenters. The summed E-state index contributed by atoms with van der Waals surface area (Å²) in [5, 5.41) is 0. The standard InChI is InChI=1S/C13H12N2O2/c1-9-7-10(8-16)3-4-11(9)12-13(17-2)15-6-5-14-12/h3-8H,1-2H3. The maximum absolute atomic E-state index is 10.7. The van der Waals surface area contributed by atoms with Gasteiger partial charge in [0, 0.05) is 23.5 Å². The number of hydrogen-bond donors (Lipinski definition) is 0. The van der Waals surface area contributed by atoms with Gasteiger partial charge in [0.25, 0.3) is 0 Å². The Morgan fingerprint density at radius 3 is 2.65 bits per heavy atom. The fraction of sp³-hybridized carbons (Fsp3) is 0.154. The van der Waals surface area contributed by atoms with Gasteiger partial charge in [-0.3, -0.25) is 4.79 Å². The molecule has 0 aliphatic rings. The number of benzene rings is 1. The molecule has 1 heterocycles. The maximum atomic E-state index is 10.7. The third-order valence-electron chi connectivity index (χ3n) is 2.50. The van der Waals surface area contributed by atoms with Crippen molar-refractivity contribution >= 4 is 6.29 Å². The van der Waals surface area contributed by atoms with Crippen molar-refractivity contribution in [2.45, 2.75) is 6.92 Å². The van der Waals surface area contributed by atoms with Gasteiger partial charge in [-0.1, -0.05) is 12.1 Å². The highest BCUT2D eigenvalue weighted by Crippen LogP contribution is 2.28. The van der Waals surface area contributed by atoms with Crippen molar-refractivity contribution in [1.29, 1.82) is 0 Å². The van der Waals surface area contributed by atoms with Crippen LogP contribution in [0.3, 0.4) is 0 Å². The minimum absolute atomic E-state index is 0.481. The van der Waals surface area contributed by atoms with Crippen molar-refractivity contribution in [3.8, 4) is 17.1 Å². The van der Waals surface area contributed by atoms with Crippen LogP contribution in [0.1, 0.15) is 15.9 Å². The molecule has 4 heteroatoms. The van der Waals surface area contributed by atoms with Gasteiger partial charge in [-0.15, -0.1) is 0 Å². The van der Waals surface area contributed by atoms with Crippen molar-refractivity contribution in [3.05, 3.63) is 41.7 Å². The first-order valence-electron chi connectivity index (χ1n) is 5.17. The van der Waals surface area contributed by atoms with Crippen LogP contribution in [-0.2, 0) is 0 Å². The Labute approximate surface area is 99.3 Å². The van der Waals surface area contributed by atoms with Crippen LogP contribution in [0.25, 0.3) is 11.3 Å². The second-order valence-electron chi connectivity index (χ2n) is 3.61. The molecule has 86 valence electrons. The highest BCUT2D eigenvalue weighted by molar-refractivity contribution is 5.78. The van der Waals surface area contributed by atoms with E-state index in [2.05, 4.69) is 9.97 Å². The van der Waals surface area contributed by atoms with Crippen LogP contribution < -0.4 is 4.74 Å². The summed E-state index contributed by atoms with van der Waals surface area (Å²) in [5.41, 5.74) is 3.22. The molecule has 0 atom stereocenters. The second kappa shape index (κ2) is 4.74. The maximum Gasteiger partial charge on any atom is 0.240 e. The van der Waals surface area contributed by atoms with Crippen molar-refractivity contribution < 1.29 is 9.53 Å². The lowest BCUT2D eigenvalue weighted by atomic mass is 10.0. The second-order valence-corrected chi connectivity index (χ2v) is 3.61. The Morgan fingerprint density at radius 1 is 1.24 bits per heavy atom. The minimum Gasteiger partial charge on any atom is -0.479 e. The molecule has 1 aromatic heterocycles. The van der Waals surface area contributed by atoms with Gasteiger partial charge in [0.05, 0.1) is 7.11 Å². The topological polar surface area (TPSA) is 52.1 Å². The normalized spacial score (nSPS) is 10.0. The number of aldehydes is 1. The zero-order chi connectivity index (χ0) is 12.3. The summed E-state index contributed by atoms with van der Waals surface area (Å²) < 4.78 is 5.17. The number of nitrogens with zero attached hydrogens (tertiary/aromatic N) is 2. The lowest BCUT2D eigenvalue weighted by molar-refractivity contribution is 0.112. The molecule has 2 rings (SSSR count). The Morgan fingerprint density at radius 2 is 2.00 bits per heavy atom. The van der Waals surface area contributed by atoms with Gasteiger partial charge in [-0.2, -0.15) is 0 Å². The monoisotopic (exact) mass is 228 g/mol. The molecule has 0 saturated heterocycles. The van der Waals surface area contributed by atoms with Crippen LogP contribution in [0.5, 0.6) is 5.88 Å². The van der Waals surface area contributed by atoms with Gasteiger partial charge >= 0.3 is 0 Å². The summed E-state index contributed by atoms with van der Waals surface area (Å²) in [6.07, 6.45) is 4.02. The number of methoxy groups -OCH3 is 1. The molecule has 17 heavy (non-hydrogen) atoms. The van der Waals surface area contributed by atoms with Gasteiger partial charge in [0.2, 0.25) is 5.88 Å². The molecule has 4 nitrogen and oxygen atoms in total. The number of rotatable bonds is 3. The number of ether oxygens (including phenoxy) is 1. The Hall–Kier alpha value is -2.23. The SMILES string of the molecule is COc1nccnc1-c1ccc(C=O)cc1C. The highest BCUT2D eigenvalue weighted by Gasteiger charge is 2.10. The first kappa shape index (κ1) is 11.3. The quantitative estimate of drug-likeness (QED) is 0.756. The fourth-order valence-electron chi connectivity index (χ4n) is 1.69. The Kier molecular flexibility index (Phi) is 3.14. The molecule has 0 saturated carbocycles. The van der Waals surface area contributed by atoms with Crippen LogP contribution in [0.2, 0.25) is 0 Å². The number of hydrogen-bond acceptors (Lipinski definition) is 4. The van der Waals surface area contributed by atoms with E-state index in [9.17, 15) is 4.79 Å². The van der Waals surface area contributed by atoms with Gasteiger partial charge in [-0.25, -0.2) is 9.97 Å². The third kappa shape index (κ3) is 2.15. The molecule has 0 spiro atoms. The first-order valence-corrected chi connectivity index (χ1v) is 5.17. The van der Waals surface area contributed by atoms with E-state index >= 15 is 0 Å².